The van der Waals surface area contributed by atoms with Gasteiger partial charge in [0.05, 0.1) is 17.8 Å². The largest absolute Gasteiger partial charge is 0.482 e. The molecular weight excluding hydrogens is 541 g/mol. The second kappa shape index (κ2) is 12.0. The molecule has 2 aromatic rings. The molecule has 36 heavy (non-hydrogen) atoms. The lowest BCUT2D eigenvalue weighted by Gasteiger charge is -2.40. The first-order chi connectivity index (χ1) is 16.9. The van der Waals surface area contributed by atoms with Gasteiger partial charge in [-0.3, -0.25) is 4.79 Å². The average Bonchev–Trinajstić information content (AvgIpc) is 2.78. The zero-order chi connectivity index (χ0) is 26.5. The lowest BCUT2D eigenvalue weighted by atomic mass is 9.90. The van der Waals surface area contributed by atoms with E-state index in [1.165, 1.54) is 18.2 Å². The third kappa shape index (κ3) is 7.88. The molecule has 0 atom stereocenters. The normalized spacial score (nSPS) is 15.5. The third-order valence-electron chi connectivity index (χ3n) is 5.97. The van der Waals surface area contributed by atoms with Crippen molar-refractivity contribution in [2.75, 3.05) is 23.4 Å². The van der Waals surface area contributed by atoms with E-state index in [9.17, 15) is 22.8 Å². The first-order valence-electron chi connectivity index (χ1n) is 11.8. The first-order valence-corrected chi connectivity index (χ1v) is 12.6. The van der Waals surface area contributed by atoms with Crippen molar-refractivity contribution in [3.05, 3.63) is 52.3 Å². The van der Waals surface area contributed by atoms with Crippen LogP contribution in [0.2, 0.25) is 0 Å². The lowest BCUT2D eigenvalue weighted by molar-refractivity contribution is -0.139. The molecule has 1 aliphatic carbocycles. The Bertz CT molecular complexity index is 1090. The second-order valence-corrected chi connectivity index (χ2v) is 10.4. The number of carboxylic acids is 1. The molecule has 2 N–H and O–H groups in total. The zero-order valence-electron chi connectivity index (χ0n) is 20.2. The Labute approximate surface area is 216 Å². The Hall–Kier alpha value is -2.75. The maximum Gasteiger partial charge on any atom is 0.341 e. The summed E-state index contributed by atoms with van der Waals surface area (Å²) < 4.78 is 47.8. The number of hydrogen-bond acceptors (Lipinski definition) is 4. The van der Waals surface area contributed by atoms with E-state index >= 15 is 0 Å². The van der Waals surface area contributed by atoms with Crippen molar-refractivity contribution >= 4 is 39.2 Å². The minimum absolute atomic E-state index is 0.155. The van der Waals surface area contributed by atoms with E-state index in [1.54, 1.807) is 18.2 Å². The fourth-order valence-corrected chi connectivity index (χ4v) is 4.64. The fourth-order valence-electron chi connectivity index (χ4n) is 4.31. The van der Waals surface area contributed by atoms with Gasteiger partial charge in [0.25, 0.3) is 0 Å². The van der Waals surface area contributed by atoms with Gasteiger partial charge in [-0.05, 0) is 48.6 Å². The van der Waals surface area contributed by atoms with Crippen LogP contribution in [-0.2, 0) is 16.0 Å². The molecule has 1 amide bonds. The monoisotopic (exact) mass is 570 g/mol. The molecule has 0 saturated heterocycles. The van der Waals surface area contributed by atoms with Crippen molar-refractivity contribution in [2.45, 2.75) is 57.9 Å². The number of amides is 1. The maximum atomic E-state index is 14.3. The molecule has 2 aromatic carbocycles. The number of nitrogens with one attached hydrogen (secondary N) is 1. The number of halogens is 4. The number of hydrogen-bond donors (Lipinski definition) is 2. The van der Waals surface area contributed by atoms with E-state index in [-0.39, 0.29) is 42.5 Å². The minimum Gasteiger partial charge on any atom is -0.482 e. The van der Waals surface area contributed by atoms with Crippen molar-refractivity contribution in [2.24, 2.45) is 5.92 Å². The Morgan fingerprint density at radius 3 is 2.50 bits per heavy atom. The number of carbonyl (C=O) groups excluding carboxylic acids is 1. The van der Waals surface area contributed by atoms with Crippen molar-refractivity contribution in [3.8, 4) is 5.75 Å². The SMILES string of the molecule is CC(C)CN(c1ccc(OCC(=O)O)cc1NC(=O)Cc1ccc(Br)cc1F)C1CCC(F)(F)CC1. The van der Waals surface area contributed by atoms with Gasteiger partial charge in [0, 0.05) is 36.0 Å². The molecule has 196 valence electrons. The summed E-state index contributed by atoms with van der Waals surface area (Å²) in [6, 6.07) is 9.07. The molecule has 0 radical (unpaired) electrons. The summed E-state index contributed by atoms with van der Waals surface area (Å²) in [6.07, 6.45) is -0.0469. The molecule has 3 rings (SSSR count). The molecule has 0 aromatic heterocycles. The Balaban J connectivity index is 1.91. The van der Waals surface area contributed by atoms with Gasteiger partial charge in [-0.1, -0.05) is 35.8 Å². The van der Waals surface area contributed by atoms with Gasteiger partial charge in [0.15, 0.2) is 6.61 Å². The van der Waals surface area contributed by atoms with Crippen LogP contribution < -0.4 is 15.0 Å². The number of benzene rings is 2. The molecule has 6 nitrogen and oxygen atoms in total. The van der Waals surface area contributed by atoms with Crippen molar-refractivity contribution in [1.82, 2.24) is 0 Å². The number of carboxylic acid groups (broad SMARTS) is 1. The number of anilines is 2. The summed E-state index contributed by atoms with van der Waals surface area (Å²) in [7, 11) is 0. The summed E-state index contributed by atoms with van der Waals surface area (Å²) in [5.41, 5.74) is 1.17. The van der Waals surface area contributed by atoms with Crippen LogP contribution in [0.3, 0.4) is 0 Å². The predicted molar refractivity (Wildman–Crippen MR) is 135 cm³/mol. The van der Waals surface area contributed by atoms with Gasteiger partial charge in [0.2, 0.25) is 11.8 Å². The van der Waals surface area contributed by atoms with Crippen molar-refractivity contribution in [3.63, 3.8) is 0 Å². The van der Waals surface area contributed by atoms with Gasteiger partial charge in [-0.25, -0.2) is 18.0 Å². The second-order valence-electron chi connectivity index (χ2n) is 9.46. The molecule has 1 saturated carbocycles. The van der Waals surface area contributed by atoms with E-state index in [4.69, 9.17) is 9.84 Å². The first kappa shape index (κ1) is 27.8. The van der Waals surface area contributed by atoms with Crippen LogP contribution in [0.15, 0.2) is 40.9 Å². The van der Waals surface area contributed by atoms with Crippen LogP contribution in [0.1, 0.15) is 45.1 Å². The highest BCUT2D eigenvalue weighted by Gasteiger charge is 2.37. The summed E-state index contributed by atoms with van der Waals surface area (Å²) in [5, 5.41) is 11.8. The maximum absolute atomic E-state index is 14.3. The van der Waals surface area contributed by atoms with Gasteiger partial charge >= 0.3 is 5.97 Å². The van der Waals surface area contributed by atoms with Gasteiger partial charge in [-0.2, -0.15) is 0 Å². The van der Waals surface area contributed by atoms with Gasteiger partial charge in [0.1, 0.15) is 11.6 Å². The highest BCUT2D eigenvalue weighted by atomic mass is 79.9. The van der Waals surface area contributed by atoms with Crippen molar-refractivity contribution in [1.29, 1.82) is 0 Å². The summed E-state index contributed by atoms with van der Waals surface area (Å²) in [4.78, 5) is 25.9. The number of ether oxygens (including phenoxy) is 1. The molecule has 0 aliphatic heterocycles. The Morgan fingerprint density at radius 1 is 1.19 bits per heavy atom. The van der Waals surface area contributed by atoms with E-state index in [2.05, 4.69) is 21.2 Å². The molecule has 0 unspecified atom stereocenters. The van der Waals surface area contributed by atoms with Crippen LogP contribution in [0.25, 0.3) is 0 Å². The minimum atomic E-state index is -2.68. The Kier molecular flexibility index (Phi) is 9.27. The highest BCUT2D eigenvalue weighted by Crippen LogP contribution is 2.39. The van der Waals surface area contributed by atoms with Gasteiger partial charge in [-0.15, -0.1) is 0 Å². The number of nitrogens with zero attached hydrogens (tertiary/aromatic N) is 1. The number of rotatable bonds is 10. The zero-order valence-corrected chi connectivity index (χ0v) is 21.8. The number of aliphatic carboxylic acids is 1. The van der Waals surface area contributed by atoms with Crippen molar-refractivity contribution < 1.29 is 32.6 Å². The van der Waals surface area contributed by atoms with Gasteiger partial charge < -0.3 is 20.1 Å². The highest BCUT2D eigenvalue weighted by molar-refractivity contribution is 9.10. The van der Waals surface area contributed by atoms with E-state index < -0.39 is 30.2 Å². The summed E-state index contributed by atoms with van der Waals surface area (Å²) >= 11 is 3.19. The molecule has 0 spiro atoms. The smallest absolute Gasteiger partial charge is 0.341 e. The molecule has 0 heterocycles. The number of carbonyl (C=O) groups is 2. The quantitative estimate of drug-likeness (QED) is 0.352. The van der Waals surface area contributed by atoms with Crippen LogP contribution in [0, 0.1) is 11.7 Å². The molecule has 1 aliphatic rings. The van der Waals surface area contributed by atoms with E-state index in [0.29, 0.717) is 35.2 Å². The third-order valence-corrected chi connectivity index (χ3v) is 6.46. The molecule has 10 heteroatoms. The van der Waals surface area contributed by atoms with E-state index in [0.717, 1.165) is 0 Å². The topological polar surface area (TPSA) is 78.9 Å². The summed E-state index contributed by atoms with van der Waals surface area (Å²) in [6.45, 7) is 4.03. The Morgan fingerprint density at radius 2 is 1.89 bits per heavy atom. The molecule has 0 bridgehead atoms. The molecular formula is C26H30BrF3N2O4. The van der Waals surface area contributed by atoms with Crippen LogP contribution in [-0.4, -0.2) is 42.1 Å². The standard InChI is InChI=1S/C26H30BrF3N2O4/c1-16(2)14-32(19-7-9-26(29,30)10-8-19)23-6-5-20(36-15-25(34)35)13-22(23)31-24(33)11-17-3-4-18(27)12-21(17)28/h3-6,12-13,16,19H,7-11,14-15H2,1-2H3,(H,31,33)(H,34,35). The molecule has 1 fully saturated rings. The van der Waals surface area contributed by atoms with Crippen LogP contribution in [0.4, 0.5) is 24.5 Å². The fraction of sp³-hybridized carbons (Fsp3) is 0.462. The lowest BCUT2D eigenvalue weighted by Crippen LogP contribution is -2.43. The summed E-state index contributed by atoms with van der Waals surface area (Å²) in [5.74, 6) is -4.41. The average molecular weight is 571 g/mol. The predicted octanol–water partition coefficient (Wildman–Crippen LogP) is 6.27. The van der Waals surface area contributed by atoms with E-state index in [1.807, 2.05) is 18.7 Å². The van der Waals surface area contributed by atoms with Crippen LogP contribution >= 0.6 is 15.9 Å². The number of alkyl halides is 2. The van der Waals surface area contributed by atoms with Crippen LogP contribution in [0.5, 0.6) is 5.75 Å².